The second-order valence-corrected chi connectivity index (χ2v) is 9.07. The third-order valence-corrected chi connectivity index (χ3v) is 6.08. The summed E-state index contributed by atoms with van der Waals surface area (Å²) in [5, 5.41) is 8.98. The Morgan fingerprint density at radius 1 is 1.00 bits per heavy atom. The molecular formula is C22H27ClN4O2S. The van der Waals surface area contributed by atoms with Gasteiger partial charge in [-0.25, -0.2) is 4.79 Å². The molecule has 3 rings (SSSR count). The summed E-state index contributed by atoms with van der Waals surface area (Å²) in [5.41, 5.74) is 2.25. The van der Waals surface area contributed by atoms with Crippen molar-refractivity contribution in [2.75, 3.05) is 40.1 Å². The highest BCUT2D eigenvalue weighted by molar-refractivity contribution is 7.99. The molecule has 2 aromatic rings. The van der Waals surface area contributed by atoms with Gasteiger partial charge in [-0.05, 0) is 36.2 Å². The zero-order chi connectivity index (χ0) is 21.5. The number of rotatable bonds is 6. The van der Waals surface area contributed by atoms with E-state index in [2.05, 4.69) is 20.9 Å². The highest BCUT2D eigenvalue weighted by Gasteiger charge is 2.25. The number of carbonyl (C=O) groups excluding carboxylic acids is 2. The van der Waals surface area contributed by atoms with Crippen LogP contribution < -0.4 is 20.9 Å². The van der Waals surface area contributed by atoms with Gasteiger partial charge < -0.3 is 20.9 Å². The maximum absolute atomic E-state index is 12.8. The molecule has 1 saturated heterocycles. The first-order valence-corrected chi connectivity index (χ1v) is 11.5. The molecular weight excluding hydrogens is 420 g/mol. The first kappa shape index (κ1) is 22.3. The van der Waals surface area contributed by atoms with Crippen molar-refractivity contribution in [1.29, 1.82) is 0 Å². The summed E-state index contributed by atoms with van der Waals surface area (Å²) in [4.78, 5) is 27.4. The van der Waals surface area contributed by atoms with Gasteiger partial charge in [0.2, 0.25) is 5.91 Å². The first-order valence-electron chi connectivity index (χ1n) is 9.99. The summed E-state index contributed by atoms with van der Waals surface area (Å²) in [6.45, 7) is 5.70. The molecule has 0 saturated carbocycles. The lowest BCUT2D eigenvalue weighted by Crippen LogP contribution is -2.48. The Labute approximate surface area is 186 Å². The molecule has 0 spiro atoms. The largest absolute Gasteiger partial charge is 0.369 e. The lowest BCUT2D eigenvalue weighted by atomic mass is 10.0. The molecule has 1 fully saturated rings. The van der Waals surface area contributed by atoms with E-state index in [0.717, 1.165) is 30.3 Å². The zero-order valence-electron chi connectivity index (χ0n) is 17.2. The standard InChI is InChI=1S/C22H27ClN4O2S/c1-15(2)20(26-22(29)25-16-6-4-3-5-7-16)21(28)24-17-8-9-19(18(23)14-17)27-10-12-30-13-11-27/h3-9,14-15,20H,10-13H2,1-2H3,(H,24,28)(H2,25,26,29). The molecule has 6 nitrogen and oxygen atoms in total. The summed E-state index contributed by atoms with van der Waals surface area (Å²) in [5.74, 6) is 1.79. The van der Waals surface area contributed by atoms with Crippen LogP contribution in [0.25, 0.3) is 0 Å². The average molecular weight is 447 g/mol. The van der Waals surface area contributed by atoms with Crippen molar-refractivity contribution in [2.24, 2.45) is 5.92 Å². The molecule has 0 bridgehead atoms. The van der Waals surface area contributed by atoms with Gasteiger partial charge in [0.25, 0.3) is 0 Å². The number of hydrogen-bond acceptors (Lipinski definition) is 4. The third kappa shape index (κ3) is 6.06. The number of benzene rings is 2. The number of hydrogen-bond donors (Lipinski definition) is 3. The van der Waals surface area contributed by atoms with Crippen LogP contribution in [0.15, 0.2) is 48.5 Å². The molecule has 0 aliphatic carbocycles. The Hall–Kier alpha value is -2.38. The number of anilines is 3. The number of urea groups is 1. The van der Waals surface area contributed by atoms with Gasteiger partial charge >= 0.3 is 6.03 Å². The zero-order valence-corrected chi connectivity index (χ0v) is 18.7. The van der Waals surface area contributed by atoms with E-state index in [4.69, 9.17) is 11.6 Å². The van der Waals surface area contributed by atoms with E-state index >= 15 is 0 Å². The second-order valence-electron chi connectivity index (χ2n) is 7.44. The molecule has 0 aromatic heterocycles. The topological polar surface area (TPSA) is 73.5 Å². The Morgan fingerprint density at radius 2 is 1.70 bits per heavy atom. The summed E-state index contributed by atoms with van der Waals surface area (Å²) < 4.78 is 0. The normalized spacial score (nSPS) is 14.9. The number of carbonyl (C=O) groups is 2. The van der Waals surface area contributed by atoms with Crippen LogP contribution in [0.1, 0.15) is 13.8 Å². The number of para-hydroxylation sites is 1. The summed E-state index contributed by atoms with van der Waals surface area (Å²) >= 11 is 8.42. The number of halogens is 1. The Bertz CT molecular complexity index is 873. The molecule has 1 heterocycles. The maximum Gasteiger partial charge on any atom is 0.319 e. The smallest absolute Gasteiger partial charge is 0.319 e. The molecule has 160 valence electrons. The van der Waals surface area contributed by atoms with Crippen molar-refractivity contribution in [2.45, 2.75) is 19.9 Å². The van der Waals surface area contributed by atoms with Crippen molar-refractivity contribution in [1.82, 2.24) is 5.32 Å². The van der Waals surface area contributed by atoms with Gasteiger partial charge in [-0.2, -0.15) is 11.8 Å². The van der Waals surface area contributed by atoms with E-state index in [0.29, 0.717) is 16.4 Å². The maximum atomic E-state index is 12.8. The van der Waals surface area contributed by atoms with Crippen LogP contribution in [0.3, 0.4) is 0 Å². The van der Waals surface area contributed by atoms with Crippen LogP contribution in [-0.4, -0.2) is 42.6 Å². The number of nitrogens with zero attached hydrogens (tertiary/aromatic N) is 1. The predicted octanol–water partition coefficient (Wildman–Crippen LogP) is 4.68. The number of thioether (sulfide) groups is 1. The molecule has 0 radical (unpaired) electrons. The highest BCUT2D eigenvalue weighted by atomic mass is 35.5. The van der Waals surface area contributed by atoms with Gasteiger partial charge in [-0.3, -0.25) is 4.79 Å². The van der Waals surface area contributed by atoms with Gasteiger partial charge in [0.1, 0.15) is 6.04 Å². The predicted molar refractivity (Wildman–Crippen MR) is 127 cm³/mol. The van der Waals surface area contributed by atoms with Gasteiger partial charge in [0.05, 0.1) is 10.7 Å². The van der Waals surface area contributed by atoms with Gasteiger partial charge in [-0.15, -0.1) is 0 Å². The fraction of sp³-hybridized carbons (Fsp3) is 0.364. The average Bonchev–Trinajstić information content (AvgIpc) is 2.73. The SMILES string of the molecule is CC(C)C(NC(=O)Nc1ccccc1)C(=O)Nc1ccc(N2CCSCC2)c(Cl)c1. The van der Waals surface area contributed by atoms with Crippen LogP contribution >= 0.6 is 23.4 Å². The van der Waals surface area contributed by atoms with Gasteiger partial charge in [0.15, 0.2) is 0 Å². The minimum absolute atomic E-state index is 0.0906. The Balaban J connectivity index is 1.63. The molecule has 30 heavy (non-hydrogen) atoms. The van der Waals surface area contributed by atoms with E-state index in [1.807, 2.05) is 55.9 Å². The van der Waals surface area contributed by atoms with Gasteiger partial charge in [-0.1, -0.05) is 43.6 Å². The molecule has 3 amide bonds. The van der Waals surface area contributed by atoms with E-state index in [-0.39, 0.29) is 11.8 Å². The fourth-order valence-electron chi connectivity index (χ4n) is 3.23. The molecule has 3 N–H and O–H groups in total. The summed E-state index contributed by atoms with van der Waals surface area (Å²) in [7, 11) is 0. The van der Waals surface area contributed by atoms with E-state index in [9.17, 15) is 9.59 Å². The molecule has 1 unspecified atom stereocenters. The molecule has 1 aliphatic heterocycles. The quantitative estimate of drug-likeness (QED) is 0.602. The van der Waals surface area contributed by atoms with Crippen LogP contribution in [0.4, 0.5) is 21.9 Å². The Kier molecular flexibility index (Phi) is 7.87. The lowest BCUT2D eigenvalue weighted by Gasteiger charge is -2.29. The fourth-order valence-corrected chi connectivity index (χ4v) is 4.43. The monoisotopic (exact) mass is 446 g/mol. The van der Waals surface area contributed by atoms with Crippen molar-refractivity contribution in [3.05, 3.63) is 53.6 Å². The number of nitrogens with one attached hydrogen (secondary N) is 3. The van der Waals surface area contributed by atoms with E-state index < -0.39 is 12.1 Å². The molecule has 1 atom stereocenters. The summed E-state index contributed by atoms with van der Waals surface area (Å²) in [6.07, 6.45) is 0. The molecule has 2 aromatic carbocycles. The minimum Gasteiger partial charge on any atom is -0.369 e. The highest BCUT2D eigenvalue weighted by Crippen LogP contribution is 2.30. The van der Waals surface area contributed by atoms with Crippen LogP contribution in [0, 0.1) is 5.92 Å². The van der Waals surface area contributed by atoms with Crippen LogP contribution in [-0.2, 0) is 4.79 Å². The van der Waals surface area contributed by atoms with Crippen LogP contribution in [0.5, 0.6) is 0 Å². The van der Waals surface area contributed by atoms with Crippen LogP contribution in [0.2, 0.25) is 5.02 Å². The van der Waals surface area contributed by atoms with E-state index in [1.54, 1.807) is 18.2 Å². The van der Waals surface area contributed by atoms with Crippen molar-refractivity contribution in [3.8, 4) is 0 Å². The lowest BCUT2D eigenvalue weighted by molar-refractivity contribution is -0.118. The molecule has 1 aliphatic rings. The second kappa shape index (κ2) is 10.6. The number of amides is 3. The van der Waals surface area contributed by atoms with Gasteiger partial charge in [0, 0.05) is 36.0 Å². The minimum atomic E-state index is -0.689. The first-order chi connectivity index (χ1) is 14.4. The third-order valence-electron chi connectivity index (χ3n) is 4.83. The van der Waals surface area contributed by atoms with Crippen molar-refractivity contribution >= 4 is 52.4 Å². The van der Waals surface area contributed by atoms with E-state index in [1.165, 1.54) is 0 Å². The van der Waals surface area contributed by atoms with Crippen molar-refractivity contribution in [3.63, 3.8) is 0 Å². The Morgan fingerprint density at radius 3 is 2.33 bits per heavy atom. The summed E-state index contributed by atoms with van der Waals surface area (Å²) in [6, 6.07) is 13.5. The van der Waals surface area contributed by atoms with Crippen molar-refractivity contribution < 1.29 is 9.59 Å². The molecule has 8 heteroatoms.